The van der Waals surface area contributed by atoms with Crippen LogP contribution in [0.3, 0.4) is 0 Å². The molecule has 7 nitrogen and oxygen atoms in total. The first kappa shape index (κ1) is 19.3. The minimum absolute atomic E-state index is 0.0215. The van der Waals surface area contributed by atoms with E-state index in [1.165, 1.54) is 0 Å². The molecule has 0 unspecified atom stereocenters. The Kier molecular flexibility index (Phi) is 6.31. The maximum atomic E-state index is 8.63. The molecule has 0 saturated carbocycles. The summed E-state index contributed by atoms with van der Waals surface area (Å²) in [5.41, 5.74) is 1.94. The topological polar surface area (TPSA) is 78.6 Å². The van der Waals surface area contributed by atoms with Gasteiger partial charge >= 0.3 is 0 Å². The van der Waals surface area contributed by atoms with E-state index in [0.717, 1.165) is 27.6 Å². The van der Waals surface area contributed by atoms with Crippen molar-refractivity contribution in [3.63, 3.8) is 0 Å². The molecule has 29 heavy (non-hydrogen) atoms. The molecule has 0 radical (unpaired) electrons. The predicted octanol–water partition coefficient (Wildman–Crippen LogP) is 2.98. The number of para-hydroxylation sites is 1. The molecule has 7 heteroatoms. The molecule has 3 aromatic heterocycles. The van der Waals surface area contributed by atoms with Crippen LogP contribution in [0.5, 0.6) is 5.88 Å². The number of nitrogens with zero attached hydrogens (tertiary/aromatic N) is 3. The molecular weight excluding hydrogens is 370 g/mol. The van der Waals surface area contributed by atoms with E-state index in [2.05, 4.69) is 17.1 Å². The maximum absolute atomic E-state index is 8.63. The third-order valence-corrected chi connectivity index (χ3v) is 4.47. The first-order valence-electron chi connectivity index (χ1n) is 9.57. The summed E-state index contributed by atoms with van der Waals surface area (Å²) >= 11 is 0. The molecule has 0 aliphatic heterocycles. The molecule has 3 heterocycles. The Balaban J connectivity index is 1.42. The second-order valence-electron chi connectivity index (χ2n) is 6.43. The van der Waals surface area contributed by atoms with Gasteiger partial charge in [0.05, 0.1) is 44.1 Å². The lowest BCUT2D eigenvalue weighted by atomic mass is 10.2. The quantitative estimate of drug-likeness (QED) is 0.417. The van der Waals surface area contributed by atoms with Crippen LogP contribution < -0.4 is 4.74 Å². The lowest BCUT2D eigenvalue weighted by molar-refractivity contribution is 0.0243. The van der Waals surface area contributed by atoms with E-state index in [9.17, 15) is 0 Å². The van der Waals surface area contributed by atoms with E-state index in [0.29, 0.717) is 38.9 Å². The van der Waals surface area contributed by atoms with Crippen LogP contribution in [0.1, 0.15) is 0 Å². The summed E-state index contributed by atoms with van der Waals surface area (Å²) in [6, 6.07) is 16.1. The SMILES string of the molecule is OCCOCCOCCOc1cc2c(ccn2-c2ccc3ccccc3n2)cn1. The summed E-state index contributed by atoms with van der Waals surface area (Å²) < 4.78 is 18.3. The van der Waals surface area contributed by atoms with Crippen molar-refractivity contribution >= 4 is 21.8 Å². The van der Waals surface area contributed by atoms with E-state index in [1.54, 1.807) is 6.20 Å². The number of aliphatic hydroxyl groups excluding tert-OH is 1. The molecule has 0 fully saturated rings. The molecule has 0 atom stereocenters. The van der Waals surface area contributed by atoms with Gasteiger partial charge in [0.25, 0.3) is 0 Å². The molecule has 150 valence electrons. The molecule has 0 aliphatic carbocycles. The average molecular weight is 393 g/mol. The van der Waals surface area contributed by atoms with Gasteiger partial charge in [-0.2, -0.15) is 0 Å². The molecule has 0 bridgehead atoms. The van der Waals surface area contributed by atoms with Crippen LogP contribution in [0.2, 0.25) is 0 Å². The number of benzene rings is 1. The van der Waals surface area contributed by atoms with Crippen molar-refractivity contribution in [3.05, 3.63) is 60.9 Å². The largest absolute Gasteiger partial charge is 0.475 e. The number of aromatic nitrogens is 3. The molecule has 0 saturated heterocycles. The number of hydrogen-bond acceptors (Lipinski definition) is 6. The minimum atomic E-state index is 0.0215. The van der Waals surface area contributed by atoms with Crippen LogP contribution in [0, 0.1) is 0 Å². The van der Waals surface area contributed by atoms with E-state index < -0.39 is 0 Å². The van der Waals surface area contributed by atoms with Gasteiger partial charge < -0.3 is 23.9 Å². The van der Waals surface area contributed by atoms with Gasteiger partial charge in [-0.3, -0.25) is 0 Å². The molecule has 1 aromatic carbocycles. The Bertz CT molecular complexity index is 1080. The standard InChI is InChI=1S/C22H23N3O4/c26-9-10-27-11-12-28-13-14-29-22-15-20-18(16-23-22)7-8-25(20)21-6-5-17-3-1-2-4-19(17)24-21/h1-8,15-16,26H,9-14H2. The Hall–Kier alpha value is -3.00. The van der Waals surface area contributed by atoms with Crippen LogP contribution in [-0.4, -0.2) is 59.3 Å². The minimum Gasteiger partial charge on any atom is -0.475 e. The third-order valence-electron chi connectivity index (χ3n) is 4.47. The molecule has 1 N–H and O–H groups in total. The van der Waals surface area contributed by atoms with Crippen LogP contribution in [0.25, 0.3) is 27.6 Å². The van der Waals surface area contributed by atoms with Gasteiger partial charge in [-0.05, 0) is 24.3 Å². The predicted molar refractivity (Wildman–Crippen MR) is 111 cm³/mol. The third kappa shape index (κ3) is 4.71. The number of fused-ring (bicyclic) bond motifs is 2. The first-order valence-corrected chi connectivity index (χ1v) is 9.57. The smallest absolute Gasteiger partial charge is 0.215 e. The highest BCUT2D eigenvalue weighted by molar-refractivity contribution is 5.83. The van der Waals surface area contributed by atoms with Gasteiger partial charge in [-0.15, -0.1) is 0 Å². The van der Waals surface area contributed by atoms with Crippen molar-refractivity contribution < 1.29 is 19.3 Å². The molecule has 4 rings (SSSR count). The van der Waals surface area contributed by atoms with Gasteiger partial charge in [0.1, 0.15) is 12.4 Å². The Labute approximate surface area is 168 Å². The van der Waals surface area contributed by atoms with E-state index >= 15 is 0 Å². The zero-order valence-electron chi connectivity index (χ0n) is 16.0. The first-order chi connectivity index (χ1) is 14.3. The van der Waals surface area contributed by atoms with Gasteiger partial charge in [0, 0.05) is 29.2 Å². The summed E-state index contributed by atoms with van der Waals surface area (Å²) in [6.07, 6.45) is 3.79. The van der Waals surface area contributed by atoms with Crippen molar-refractivity contribution in [2.75, 3.05) is 39.6 Å². The van der Waals surface area contributed by atoms with E-state index in [1.807, 2.05) is 47.2 Å². The van der Waals surface area contributed by atoms with Gasteiger partial charge in [-0.25, -0.2) is 9.97 Å². The molecule has 0 amide bonds. The second kappa shape index (κ2) is 9.47. The Morgan fingerprint density at radius 3 is 2.59 bits per heavy atom. The lowest BCUT2D eigenvalue weighted by Gasteiger charge is -2.09. The van der Waals surface area contributed by atoms with Crippen molar-refractivity contribution in [1.82, 2.24) is 14.5 Å². The number of pyridine rings is 2. The summed E-state index contributed by atoms with van der Waals surface area (Å²) in [5, 5.41) is 10.8. The Morgan fingerprint density at radius 1 is 0.862 bits per heavy atom. The van der Waals surface area contributed by atoms with Gasteiger partial charge in [0.2, 0.25) is 5.88 Å². The number of rotatable bonds is 10. The van der Waals surface area contributed by atoms with Gasteiger partial charge in [-0.1, -0.05) is 18.2 Å². The number of hydrogen-bond donors (Lipinski definition) is 1. The molecule has 0 spiro atoms. The van der Waals surface area contributed by atoms with Crippen LogP contribution >= 0.6 is 0 Å². The molecule has 0 aliphatic rings. The fraction of sp³-hybridized carbons (Fsp3) is 0.273. The molecule has 4 aromatic rings. The van der Waals surface area contributed by atoms with Crippen molar-refractivity contribution in [2.24, 2.45) is 0 Å². The summed E-state index contributed by atoms with van der Waals surface area (Å²) in [6.45, 7) is 2.11. The molecular formula is C22H23N3O4. The lowest BCUT2D eigenvalue weighted by Crippen LogP contribution is -2.12. The summed E-state index contributed by atoms with van der Waals surface area (Å²) in [5.74, 6) is 1.39. The van der Waals surface area contributed by atoms with Gasteiger partial charge in [0.15, 0.2) is 0 Å². The second-order valence-corrected chi connectivity index (χ2v) is 6.43. The normalized spacial score (nSPS) is 11.3. The number of aliphatic hydroxyl groups is 1. The fourth-order valence-electron chi connectivity index (χ4n) is 3.07. The highest BCUT2D eigenvalue weighted by Gasteiger charge is 2.08. The zero-order chi connectivity index (χ0) is 19.9. The van der Waals surface area contributed by atoms with E-state index in [-0.39, 0.29) is 6.61 Å². The van der Waals surface area contributed by atoms with Crippen LogP contribution in [0.4, 0.5) is 0 Å². The van der Waals surface area contributed by atoms with E-state index in [4.69, 9.17) is 24.3 Å². The fourth-order valence-corrected chi connectivity index (χ4v) is 3.07. The van der Waals surface area contributed by atoms with Crippen LogP contribution in [0.15, 0.2) is 60.9 Å². The maximum Gasteiger partial charge on any atom is 0.215 e. The summed E-state index contributed by atoms with van der Waals surface area (Å²) in [4.78, 5) is 9.13. The van der Waals surface area contributed by atoms with Crippen LogP contribution in [-0.2, 0) is 9.47 Å². The Morgan fingerprint density at radius 2 is 1.69 bits per heavy atom. The zero-order valence-corrected chi connectivity index (χ0v) is 16.0. The van der Waals surface area contributed by atoms with Crippen molar-refractivity contribution in [2.45, 2.75) is 0 Å². The highest BCUT2D eigenvalue weighted by Crippen LogP contribution is 2.23. The average Bonchev–Trinajstić information content (AvgIpc) is 3.18. The van der Waals surface area contributed by atoms with Crippen molar-refractivity contribution in [1.29, 1.82) is 0 Å². The highest BCUT2D eigenvalue weighted by atomic mass is 16.5. The number of ether oxygens (including phenoxy) is 3. The summed E-state index contributed by atoms with van der Waals surface area (Å²) in [7, 11) is 0. The van der Waals surface area contributed by atoms with Crippen molar-refractivity contribution in [3.8, 4) is 11.7 Å². The monoisotopic (exact) mass is 393 g/mol.